The molecule has 0 radical (unpaired) electrons. The summed E-state index contributed by atoms with van der Waals surface area (Å²) in [6, 6.07) is 9.90. The van der Waals surface area contributed by atoms with Gasteiger partial charge in [-0.2, -0.15) is 0 Å². The van der Waals surface area contributed by atoms with Gasteiger partial charge in [0.2, 0.25) is 0 Å². The fourth-order valence-electron chi connectivity index (χ4n) is 3.51. The van der Waals surface area contributed by atoms with Gasteiger partial charge in [-0.15, -0.1) is 0 Å². The summed E-state index contributed by atoms with van der Waals surface area (Å²) >= 11 is 6.29. The van der Waals surface area contributed by atoms with Gasteiger partial charge in [0.05, 0.1) is 22.4 Å². The third-order valence-corrected chi connectivity index (χ3v) is 7.09. The molecule has 1 atom stereocenters. The molecule has 1 aliphatic rings. The number of nitrogens with one attached hydrogen (secondary N) is 2. The van der Waals surface area contributed by atoms with Crippen molar-refractivity contribution in [3.63, 3.8) is 0 Å². The Morgan fingerprint density at radius 3 is 2.59 bits per heavy atom. The van der Waals surface area contributed by atoms with E-state index in [2.05, 4.69) is 10.6 Å². The van der Waals surface area contributed by atoms with Crippen molar-refractivity contribution in [2.45, 2.75) is 44.0 Å². The Morgan fingerprint density at radius 2 is 1.89 bits per heavy atom. The van der Waals surface area contributed by atoms with Gasteiger partial charge in [-0.05, 0) is 48.1 Å². The second-order valence-electron chi connectivity index (χ2n) is 6.56. The largest absolute Gasteiger partial charge is 0.331 e. The number of benzene rings is 2. The number of rotatable bonds is 4. The number of urea groups is 1. The lowest BCUT2D eigenvalue weighted by Gasteiger charge is -2.26. The van der Waals surface area contributed by atoms with Crippen LogP contribution in [0.1, 0.15) is 43.0 Å². The summed E-state index contributed by atoms with van der Waals surface area (Å²) in [5.74, 6) is 0.0204. The zero-order chi connectivity index (χ0) is 19.6. The maximum Gasteiger partial charge on any atom is 0.319 e. The van der Waals surface area contributed by atoms with Gasteiger partial charge in [-0.1, -0.05) is 49.7 Å². The van der Waals surface area contributed by atoms with Crippen LogP contribution in [0.4, 0.5) is 10.5 Å². The van der Waals surface area contributed by atoms with E-state index < -0.39 is 9.84 Å². The lowest BCUT2D eigenvalue weighted by molar-refractivity contribution is 0.248. The lowest BCUT2D eigenvalue weighted by Crippen LogP contribution is -2.36. The van der Waals surface area contributed by atoms with Crippen LogP contribution in [0.3, 0.4) is 0 Å². The standard InChI is InChI=1S/C20H23ClN2O3S/c1-3-13-9-10-16(21)14(4-2)19(13)23-20(24)22-17-11-12-27(25,26)18-8-6-5-7-15(17)18/h5-10,17H,3-4,11-12H2,1-2H3,(H2,22,23,24). The van der Waals surface area contributed by atoms with Crippen molar-refractivity contribution >= 4 is 33.2 Å². The van der Waals surface area contributed by atoms with Crippen LogP contribution in [0.15, 0.2) is 41.3 Å². The molecule has 0 bridgehead atoms. The molecule has 0 aliphatic carbocycles. The number of carbonyl (C=O) groups is 1. The van der Waals surface area contributed by atoms with E-state index in [9.17, 15) is 13.2 Å². The summed E-state index contributed by atoms with van der Waals surface area (Å²) in [6.07, 6.45) is 1.82. The average Bonchev–Trinajstić information content (AvgIpc) is 2.65. The van der Waals surface area contributed by atoms with Crippen molar-refractivity contribution in [2.75, 3.05) is 11.1 Å². The van der Waals surface area contributed by atoms with Gasteiger partial charge in [-0.3, -0.25) is 0 Å². The Labute approximate surface area is 165 Å². The van der Waals surface area contributed by atoms with E-state index in [0.717, 1.165) is 23.2 Å². The molecule has 0 aromatic heterocycles. The highest BCUT2D eigenvalue weighted by Gasteiger charge is 2.31. The first kappa shape index (κ1) is 19.7. The molecule has 0 fully saturated rings. The second kappa shape index (κ2) is 7.90. The molecule has 144 valence electrons. The van der Waals surface area contributed by atoms with Gasteiger partial charge in [0.1, 0.15) is 0 Å². The predicted octanol–water partition coefficient (Wildman–Crippen LogP) is 4.51. The number of aryl methyl sites for hydroxylation is 1. The van der Waals surface area contributed by atoms with Gasteiger partial charge in [0.25, 0.3) is 0 Å². The zero-order valence-corrected chi connectivity index (χ0v) is 17.0. The number of sulfone groups is 1. The van der Waals surface area contributed by atoms with E-state index in [1.54, 1.807) is 24.3 Å². The van der Waals surface area contributed by atoms with Crippen molar-refractivity contribution in [1.29, 1.82) is 0 Å². The molecule has 5 nitrogen and oxygen atoms in total. The van der Waals surface area contributed by atoms with Crippen molar-refractivity contribution < 1.29 is 13.2 Å². The highest BCUT2D eigenvalue weighted by molar-refractivity contribution is 7.91. The fourth-order valence-corrected chi connectivity index (χ4v) is 5.43. The van der Waals surface area contributed by atoms with Crippen LogP contribution in [0.25, 0.3) is 0 Å². The third kappa shape index (κ3) is 3.96. The van der Waals surface area contributed by atoms with E-state index in [1.807, 2.05) is 26.0 Å². The second-order valence-corrected chi connectivity index (χ2v) is 9.05. The molecule has 1 unspecified atom stereocenters. The van der Waals surface area contributed by atoms with Crippen LogP contribution in [0, 0.1) is 0 Å². The van der Waals surface area contributed by atoms with Gasteiger partial charge < -0.3 is 10.6 Å². The summed E-state index contributed by atoms with van der Waals surface area (Å²) in [4.78, 5) is 13.0. The van der Waals surface area contributed by atoms with Crippen molar-refractivity contribution in [1.82, 2.24) is 5.32 Å². The first-order valence-corrected chi connectivity index (χ1v) is 11.1. The lowest BCUT2D eigenvalue weighted by atomic mass is 10.0. The van der Waals surface area contributed by atoms with Gasteiger partial charge in [-0.25, -0.2) is 13.2 Å². The molecule has 7 heteroatoms. The maximum atomic E-state index is 12.7. The topological polar surface area (TPSA) is 75.3 Å². The first-order chi connectivity index (χ1) is 12.9. The maximum absolute atomic E-state index is 12.7. The van der Waals surface area contributed by atoms with Crippen molar-refractivity contribution in [3.8, 4) is 0 Å². The third-order valence-electron chi connectivity index (χ3n) is 4.93. The van der Waals surface area contributed by atoms with Crippen molar-refractivity contribution in [2.24, 2.45) is 0 Å². The average molecular weight is 407 g/mol. The predicted molar refractivity (Wildman–Crippen MR) is 108 cm³/mol. The summed E-state index contributed by atoms with van der Waals surface area (Å²) in [7, 11) is -3.29. The van der Waals surface area contributed by atoms with Crippen molar-refractivity contribution in [3.05, 3.63) is 58.1 Å². The summed E-state index contributed by atoms with van der Waals surface area (Å²) in [5.41, 5.74) is 3.29. The Morgan fingerprint density at radius 1 is 1.15 bits per heavy atom. The molecule has 2 aromatic carbocycles. The molecule has 2 aromatic rings. The quantitative estimate of drug-likeness (QED) is 0.784. The minimum atomic E-state index is -3.29. The number of carbonyl (C=O) groups excluding carboxylic acids is 1. The van der Waals surface area contributed by atoms with Crippen LogP contribution in [0.2, 0.25) is 5.02 Å². The Balaban J connectivity index is 1.85. The molecule has 0 saturated heterocycles. The smallest absolute Gasteiger partial charge is 0.319 e. The number of amides is 2. The molecule has 3 rings (SSSR count). The van der Waals surface area contributed by atoms with E-state index >= 15 is 0 Å². The molecule has 2 N–H and O–H groups in total. The highest BCUT2D eigenvalue weighted by atomic mass is 35.5. The zero-order valence-electron chi connectivity index (χ0n) is 15.4. The first-order valence-electron chi connectivity index (χ1n) is 9.06. The minimum absolute atomic E-state index is 0.0204. The minimum Gasteiger partial charge on any atom is -0.331 e. The van der Waals surface area contributed by atoms with Gasteiger partial charge in [0, 0.05) is 5.02 Å². The fraction of sp³-hybridized carbons (Fsp3) is 0.350. The molecular weight excluding hydrogens is 384 g/mol. The molecule has 27 heavy (non-hydrogen) atoms. The van der Waals surface area contributed by atoms with Crippen LogP contribution in [-0.2, 0) is 22.7 Å². The summed E-state index contributed by atoms with van der Waals surface area (Å²) in [5, 5.41) is 6.49. The van der Waals surface area contributed by atoms with Crippen LogP contribution in [0.5, 0.6) is 0 Å². The molecule has 0 spiro atoms. The Hall–Kier alpha value is -2.05. The molecule has 0 saturated carbocycles. The highest BCUT2D eigenvalue weighted by Crippen LogP contribution is 2.33. The molecule has 1 heterocycles. The number of halogens is 1. The van der Waals surface area contributed by atoms with Crippen LogP contribution >= 0.6 is 11.6 Å². The van der Waals surface area contributed by atoms with Crippen LogP contribution < -0.4 is 10.6 Å². The normalized spacial score (nSPS) is 17.8. The molecule has 2 amide bonds. The Kier molecular flexibility index (Phi) is 5.77. The summed E-state index contributed by atoms with van der Waals surface area (Å²) in [6.45, 7) is 4.01. The number of anilines is 1. The van der Waals surface area contributed by atoms with Gasteiger partial charge in [0.15, 0.2) is 9.84 Å². The number of hydrogen-bond donors (Lipinski definition) is 2. The van der Waals surface area contributed by atoms with E-state index in [-0.39, 0.29) is 17.8 Å². The molecular formula is C20H23ClN2O3S. The molecule has 1 aliphatic heterocycles. The van der Waals surface area contributed by atoms with Gasteiger partial charge >= 0.3 is 6.03 Å². The summed E-state index contributed by atoms with van der Waals surface area (Å²) < 4.78 is 24.5. The van der Waals surface area contributed by atoms with E-state index in [4.69, 9.17) is 11.6 Å². The Bertz CT molecular complexity index is 973. The SMILES string of the molecule is CCc1ccc(Cl)c(CC)c1NC(=O)NC1CCS(=O)(=O)c2ccccc21. The van der Waals surface area contributed by atoms with Crippen LogP contribution in [-0.4, -0.2) is 20.2 Å². The monoisotopic (exact) mass is 406 g/mol. The van der Waals surface area contributed by atoms with E-state index in [0.29, 0.717) is 28.3 Å². The van der Waals surface area contributed by atoms with E-state index in [1.165, 1.54) is 0 Å². The number of hydrogen-bond acceptors (Lipinski definition) is 3. The number of fused-ring (bicyclic) bond motifs is 1.